The van der Waals surface area contributed by atoms with E-state index in [1.54, 1.807) is 24.3 Å². The summed E-state index contributed by atoms with van der Waals surface area (Å²) in [6, 6.07) is 12.7. The summed E-state index contributed by atoms with van der Waals surface area (Å²) in [6.45, 7) is 3.89. The van der Waals surface area contributed by atoms with E-state index in [2.05, 4.69) is 5.32 Å². The number of nitrogens with one attached hydrogen (secondary N) is 1. The van der Waals surface area contributed by atoms with Crippen LogP contribution >= 0.6 is 0 Å². The summed E-state index contributed by atoms with van der Waals surface area (Å²) in [5.41, 5.74) is 2.51. The molecule has 0 aromatic heterocycles. The van der Waals surface area contributed by atoms with Gasteiger partial charge in [-0.1, -0.05) is 50.2 Å². The van der Waals surface area contributed by atoms with E-state index >= 15 is 0 Å². The molecule has 0 spiro atoms. The standard InChI is InChI=1S/C23H24N2O4/c1-13(2)11-18(25-22(28)16-9-5-6-10-17(16)23(25)29)21(27)24-20-15-8-4-3-7-14(15)12-19(20)26/h3-10,13,18-20,26H,11-12H2,1-2H3,(H,24,27)/t18-,19+,20-/m0/s1. The predicted molar refractivity (Wildman–Crippen MR) is 107 cm³/mol. The first-order valence-corrected chi connectivity index (χ1v) is 9.91. The van der Waals surface area contributed by atoms with Crippen molar-refractivity contribution in [2.24, 2.45) is 5.92 Å². The van der Waals surface area contributed by atoms with Gasteiger partial charge in [-0.15, -0.1) is 0 Å². The lowest BCUT2D eigenvalue weighted by Crippen LogP contribution is -2.51. The van der Waals surface area contributed by atoms with E-state index in [4.69, 9.17) is 0 Å². The zero-order valence-corrected chi connectivity index (χ0v) is 16.5. The highest BCUT2D eigenvalue weighted by Gasteiger charge is 2.44. The van der Waals surface area contributed by atoms with Crippen molar-refractivity contribution in [3.63, 3.8) is 0 Å². The van der Waals surface area contributed by atoms with E-state index in [1.807, 2.05) is 38.1 Å². The Labute approximate surface area is 169 Å². The van der Waals surface area contributed by atoms with Gasteiger partial charge in [-0.3, -0.25) is 19.3 Å². The zero-order valence-electron chi connectivity index (χ0n) is 16.5. The molecule has 0 radical (unpaired) electrons. The van der Waals surface area contributed by atoms with Crippen molar-refractivity contribution in [1.82, 2.24) is 10.2 Å². The highest BCUT2D eigenvalue weighted by atomic mass is 16.3. The van der Waals surface area contributed by atoms with Crippen LogP contribution in [-0.2, 0) is 11.2 Å². The van der Waals surface area contributed by atoms with Crippen molar-refractivity contribution in [3.05, 3.63) is 70.8 Å². The van der Waals surface area contributed by atoms with Gasteiger partial charge in [0.05, 0.1) is 23.3 Å². The molecule has 0 bridgehead atoms. The topological polar surface area (TPSA) is 86.7 Å². The predicted octanol–water partition coefficient (Wildman–Crippen LogP) is 2.47. The molecule has 0 fully saturated rings. The van der Waals surface area contributed by atoms with Gasteiger partial charge in [0.1, 0.15) is 6.04 Å². The van der Waals surface area contributed by atoms with E-state index in [-0.39, 0.29) is 5.92 Å². The molecule has 2 aromatic carbocycles. The summed E-state index contributed by atoms with van der Waals surface area (Å²) < 4.78 is 0. The molecule has 0 unspecified atom stereocenters. The average Bonchev–Trinajstić information content (AvgIpc) is 3.14. The van der Waals surface area contributed by atoms with Crippen molar-refractivity contribution in [2.75, 3.05) is 0 Å². The van der Waals surface area contributed by atoms with E-state index in [0.29, 0.717) is 24.0 Å². The van der Waals surface area contributed by atoms with Crippen LogP contribution in [0.15, 0.2) is 48.5 Å². The number of aliphatic hydroxyl groups is 1. The number of carbonyl (C=O) groups excluding carboxylic acids is 3. The summed E-state index contributed by atoms with van der Waals surface area (Å²) in [4.78, 5) is 40.1. The fraction of sp³-hybridized carbons (Fsp3) is 0.348. The molecule has 150 valence electrons. The molecule has 4 rings (SSSR count). The zero-order chi connectivity index (χ0) is 20.7. The first kappa shape index (κ1) is 19.3. The Morgan fingerprint density at radius 2 is 1.66 bits per heavy atom. The second-order valence-corrected chi connectivity index (χ2v) is 8.13. The van der Waals surface area contributed by atoms with E-state index in [9.17, 15) is 19.5 Å². The minimum atomic E-state index is -0.928. The Kier molecular flexibility index (Phi) is 4.96. The third kappa shape index (κ3) is 3.34. The van der Waals surface area contributed by atoms with Crippen LogP contribution in [0.5, 0.6) is 0 Å². The number of amides is 3. The maximum atomic E-state index is 13.3. The van der Waals surface area contributed by atoms with Crippen LogP contribution in [0.2, 0.25) is 0 Å². The summed E-state index contributed by atoms with van der Waals surface area (Å²) in [5, 5.41) is 13.4. The number of aliphatic hydroxyl groups excluding tert-OH is 1. The highest BCUT2D eigenvalue weighted by Crippen LogP contribution is 2.32. The van der Waals surface area contributed by atoms with Crippen molar-refractivity contribution in [1.29, 1.82) is 0 Å². The molecule has 2 aliphatic rings. The first-order chi connectivity index (χ1) is 13.9. The van der Waals surface area contributed by atoms with Gasteiger partial charge in [0.15, 0.2) is 0 Å². The van der Waals surface area contributed by atoms with Crippen molar-refractivity contribution >= 4 is 17.7 Å². The van der Waals surface area contributed by atoms with Gasteiger partial charge in [-0.05, 0) is 35.6 Å². The Bertz CT molecular complexity index is 949. The Morgan fingerprint density at radius 1 is 1.07 bits per heavy atom. The average molecular weight is 392 g/mol. The van der Waals surface area contributed by atoms with Gasteiger partial charge >= 0.3 is 0 Å². The Hall–Kier alpha value is -2.99. The molecular formula is C23H24N2O4. The maximum Gasteiger partial charge on any atom is 0.262 e. The molecular weight excluding hydrogens is 368 g/mol. The second-order valence-electron chi connectivity index (χ2n) is 8.13. The molecule has 6 heteroatoms. The fourth-order valence-electron chi connectivity index (χ4n) is 4.26. The van der Waals surface area contributed by atoms with Gasteiger partial charge < -0.3 is 10.4 Å². The number of fused-ring (bicyclic) bond motifs is 2. The first-order valence-electron chi connectivity index (χ1n) is 9.91. The maximum absolute atomic E-state index is 13.3. The molecule has 2 aromatic rings. The number of hydrogen-bond donors (Lipinski definition) is 2. The van der Waals surface area contributed by atoms with Gasteiger partial charge in [0.2, 0.25) is 5.91 Å². The minimum Gasteiger partial charge on any atom is -0.390 e. The van der Waals surface area contributed by atoms with E-state index in [0.717, 1.165) is 16.0 Å². The lowest BCUT2D eigenvalue weighted by atomic mass is 10.00. The number of nitrogens with zero attached hydrogens (tertiary/aromatic N) is 1. The van der Waals surface area contributed by atoms with Gasteiger partial charge in [0, 0.05) is 6.42 Å². The van der Waals surface area contributed by atoms with E-state index < -0.39 is 35.9 Å². The van der Waals surface area contributed by atoms with Crippen LogP contribution in [0, 0.1) is 5.92 Å². The van der Waals surface area contributed by atoms with Gasteiger partial charge in [-0.2, -0.15) is 0 Å². The van der Waals surface area contributed by atoms with E-state index in [1.165, 1.54) is 0 Å². The van der Waals surface area contributed by atoms with Crippen LogP contribution < -0.4 is 5.32 Å². The van der Waals surface area contributed by atoms with Gasteiger partial charge in [0.25, 0.3) is 11.8 Å². The normalized spacial score (nSPS) is 21.3. The molecule has 3 amide bonds. The van der Waals surface area contributed by atoms with Crippen LogP contribution in [0.1, 0.15) is 58.2 Å². The van der Waals surface area contributed by atoms with Crippen LogP contribution in [0.3, 0.4) is 0 Å². The third-order valence-corrected chi connectivity index (χ3v) is 5.64. The van der Waals surface area contributed by atoms with Crippen molar-refractivity contribution < 1.29 is 19.5 Å². The molecule has 1 aliphatic carbocycles. The SMILES string of the molecule is CC(C)C[C@@H](C(=O)N[C@H]1c2ccccc2C[C@H]1O)N1C(=O)c2ccccc2C1=O. The molecule has 6 nitrogen and oxygen atoms in total. The third-order valence-electron chi connectivity index (χ3n) is 5.64. The largest absolute Gasteiger partial charge is 0.390 e. The summed E-state index contributed by atoms with van der Waals surface area (Å²) >= 11 is 0. The van der Waals surface area contributed by atoms with Crippen molar-refractivity contribution in [2.45, 2.75) is 44.9 Å². The molecule has 2 N–H and O–H groups in total. The number of rotatable bonds is 5. The molecule has 1 aliphatic heterocycles. The lowest BCUT2D eigenvalue weighted by molar-refractivity contribution is -0.127. The smallest absolute Gasteiger partial charge is 0.262 e. The number of carbonyl (C=O) groups is 3. The summed E-state index contributed by atoms with van der Waals surface area (Å²) in [7, 11) is 0. The summed E-state index contributed by atoms with van der Waals surface area (Å²) in [5.74, 6) is -1.22. The Morgan fingerprint density at radius 3 is 2.28 bits per heavy atom. The molecule has 29 heavy (non-hydrogen) atoms. The number of hydrogen-bond acceptors (Lipinski definition) is 4. The highest BCUT2D eigenvalue weighted by molar-refractivity contribution is 6.22. The van der Waals surface area contributed by atoms with Gasteiger partial charge in [-0.25, -0.2) is 0 Å². The van der Waals surface area contributed by atoms with Crippen LogP contribution in [0.25, 0.3) is 0 Å². The summed E-state index contributed by atoms with van der Waals surface area (Å²) in [6.07, 6.45) is 0.0725. The minimum absolute atomic E-state index is 0.0934. The molecule has 3 atom stereocenters. The second kappa shape index (κ2) is 7.44. The molecule has 0 saturated heterocycles. The van der Waals surface area contributed by atoms with Crippen LogP contribution in [0.4, 0.5) is 0 Å². The molecule has 0 saturated carbocycles. The number of imide groups is 1. The monoisotopic (exact) mass is 392 g/mol. The fourth-order valence-corrected chi connectivity index (χ4v) is 4.26. The van der Waals surface area contributed by atoms with Crippen molar-refractivity contribution in [3.8, 4) is 0 Å². The Balaban J connectivity index is 1.62. The number of benzene rings is 2. The lowest BCUT2D eigenvalue weighted by Gasteiger charge is -2.29. The van der Waals surface area contributed by atoms with Crippen LogP contribution in [-0.4, -0.2) is 39.9 Å². The molecule has 1 heterocycles. The quantitative estimate of drug-likeness (QED) is 0.766.